The van der Waals surface area contributed by atoms with Gasteiger partial charge in [0, 0.05) is 4.11 Å². The highest BCUT2D eigenvalue weighted by atomic mass is 16.4. The SMILES string of the molecule is [2H]C([2H])([2H])C(O)c1ccco1. The van der Waals surface area contributed by atoms with Crippen LogP contribution in [0.15, 0.2) is 22.8 Å². The fourth-order valence-corrected chi connectivity index (χ4v) is 0.447. The minimum atomic E-state index is -2.40. The Labute approximate surface area is 52.0 Å². The Balaban J connectivity index is 2.78. The van der Waals surface area contributed by atoms with Crippen molar-refractivity contribution in [1.29, 1.82) is 0 Å². The summed E-state index contributed by atoms with van der Waals surface area (Å²) in [6, 6.07) is 2.96. The number of rotatable bonds is 1. The summed E-state index contributed by atoms with van der Waals surface area (Å²) in [6.45, 7) is -2.40. The third kappa shape index (κ3) is 0.898. The van der Waals surface area contributed by atoms with Crippen LogP contribution in [0.4, 0.5) is 0 Å². The summed E-state index contributed by atoms with van der Waals surface area (Å²) in [5, 5.41) is 9.09. The maximum Gasteiger partial charge on any atom is 0.131 e. The first-order valence-corrected chi connectivity index (χ1v) is 2.23. The van der Waals surface area contributed by atoms with E-state index in [1.165, 1.54) is 18.4 Å². The Morgan fingerprint density at radius 1 is 2.00 bits per heavy atom. The molecular formula is C6H8O2. The molecule has 0 radical (unpaired) electrons. The van der Waals surface area contributed by atoms with Gasteiger partial charge in [0.1, 0.15) is 11.9 Å². The van der Waals surface area contributed by atoms with Crippen LogP contribution in [-0.4, -0.2) is 5.11 Å². The molecule has 0 fully saturated rings. The summed E-state index contributed by atoms with van der Waals surface area (Å²) in [6.07, 6.45) is -0.193. The van der Waals surface area contributed by atoms with Gasteiger partial charge in [0.25, 0.3) is 0 Å². The Hall–Kier alpha value is -0.760. The molecule has 1 unspecified atom stereocenters. The highest BCUT2D eigenvalue weighted by Gasteiger charge is 1.99. The summed E-state index contributed by atoms with van der Waals surface area (Å²) in [4.78, 5) is 0. The van der Waals surface area contributed by atoms with Crippen molar-refractivity contribution >= 4 is 0 Å². The summed E-state index contributed by atoms with van der Waals surface area (Å²) < 4.78 is 25.2. The molecule has 2 nitrogen and oxygen atoms in total. The van der Waals surface area contributed by atoms with Gasteiger partial charge in [-0.2, -0.15) is 0 Å². The van der Waals surface area contributed by atoms with Gasteiger partial charge in [0.15, 0.2) is 0 Å². The molecule has 0 spiro atoms. The topological polar surface area (TPSA) is 33.4 Å². The molecular weight excluding hydrogens is 104 g/mol. The van der Waals surface area contributed by atoms with Crippen LogP contribution in [0.2, 0.25) is 0 Å². The van der Waals surface area contributed by atoms with Gasteiger partial charge in [0.2, 0.25) is 0 Å². The third-order valence-corrected chi connectivity index (χ3v) is 0.813. The van der Waals surface area contributed by atoms with Crippen LogP contribution >= 0.6 is 0 Å². The number of hydrogen-bond acceptors (Lipinski definition) is 2. The van der Waals surface area contributed by atoms with E-state index in [2.05, 4.69) is 0 Å². The van der Waals surface area contributed by atoms with E-state index in [0.717, 1.165) is 0 Å². The zero-order valence-corrected chi connectivity index (χ0v) is 4.16. The van der Waals surface area contributed by atoms with E-state index in [4.69, 9.17) is 13.6 Å². The third-order valence-electron chi connectivity index (χ3n) is 0.813. The zero-order chi connectivity index (χ0) is 8.48. The standard InChI is InChI=1S/C6H8O2/c1-5(7)6-3-2-4-8-6/h2-5,7H,1H3/i1D3. The fourth-order valence-electron chi connectivity index (χ4n) is 0.447. The van der Waals surface area contributed by atoms with Gasteiger partial charge < -0.3 is 9.52 Å². The summed E-state index contributed by atoms with van der Waals surface area (Å²) in [5.41, 5.74) is 0. The maximum absolute atomic E-state index is 9.09. The highest BCUT2D eigenvalue weighted by Crippen LogP contribution is 2.10. The lowest BCUT2D eigenvalue weighted by Gasteiger charge is -1.94. The maximum atomic E-state index is 9.09. The molecule has 0 aliphatic carbocycles. The van der Waals surface area contributed by atoms with E-state index in [1.54, 1.807) is 0 Å². The quantitative estimate of drug-likeness (QED) is 0.599. The minimum Gasteiger partial charge on any atom is -0.467 e. The van der Waals surface area contributed by atoms with Crippen LogP contribution in [0, 0.1) is 0 Å². The van der Waals surface area contributed by atoms with E-state index < -0.39 is 13.0 Å². The monoisotopic (exact) mass is 115 g/mol. The van der Waals surface area contributed by atoms with Crippen LogP contribution in [0.25, 0.3) is 0 Å². The first kappa shape index (κ1) is 2.69. The van der Waals surface area contributed by atoms with Crippen molar-refractivity contribution in [3.05, 3.63) is 24.2 Å². The van der Waals surface area contributed by atoms with Crippen molar-refractivity contribution < 1.29 is 13.6 Å². The van der Waals surface area contributed by atoms with Crippen LogP contribution in [0.3, 0.4) is 0 Å². The molecule has 1 aromatic heterocycles. The van der Waals surface area contributed by atoms with Crippen LogP contribution in [0.5, 0.6) is 0 Å². The molecule has 0 aliphatic rings. The lowest BCUT2D eigenvalue weighted by atomic mass is 10.3. The number of aliphatic hydroxyl groups excluding tert-OH is 1. The van der Waals surface area contributed by atoms with Crippen LogP contribution in [-0.2, 0) is 0 Å². The Kier molecular flexibility index (Phi) is 0.674. The first-order valence-electron chi connectivity index (χ1n) is 3.73. The Morgan fingerprint density at radius 2 is 2.88 bits per heavy atom. The van der Waals surface area contributed by atoms with Crippen molar-refractivity contribution in [3.8, 4) is 0 Å². The first-order chi connectivity index (χ1) is 5.02. The fraction of sp³-hybridized carbons (Fsp3) is 0.333. The second-order valence-electron chi connectivity index (χ2n) is 1.42. The molecule has 0 bridgehead atoms. The Morgan fingerprint density at radius 3 is 3.38 bits per heavy atom. The predicted molar refractivity (Wildman–Crippen MR) is 29.3 cm³/mol. The van der Waals surface area contributed by atoms with E-state index >= 15 is 0 Å². The predicted octanol–water partition coefficient (Wildman–Crippen LogP) is 1.33. The lowest BCUT2D eigenvalue weighted by molar-refractivity contribution is 0.169. The van der Waals surface area contributed by atoms with E-state index in [1.807, 2.05) is 0 Å². The molecule has 0 saturated heterocycles. The van der Waals surface area contributed by atoms with Crippen molar-refractivity contribution in [2.45, 2.75) is 13.0 Å². The van der Waals surface area contributed by atoms with Gasteiger partial charge in [-0.25, -0.2) is 0 Å². The van der Waals surface area contributed by atoms with Gasteiger partial charge >= 0.3 is 0 Å². The second-order valence-corrected chi connectivity index (χ2v) is 1.42. The van der Waals surface area contributed by atoms with Crippen molar-refractivity contribution in [3.63, 3.8) is 0 Å². The zero-order valence-electron chi connectivity index (χ0n) is 7.16. The molecule has 1 aromatic rings. The summed E-state index contributed by atoms with van der Waals surface area (Å²) in [7, 11) is 0. The number of furan rings is 1. The van der Waals surface area contributed by atoms with E-state index in [-0.39, 0.29) is 5.76 Å². The van der Waals surface area contributed by atoms with Crippen LogP contribution in [0.1, 0.15) is 22.8 Å². The normalized spacial score (nSPS) is 20.9. The molecule has 0 saturated carbocycles. The molecule has 1 rings (SSSR count). The van der Waals surface area contributed by atoms with Gasteiger partial charge in [-0.15, -0.1) is 0 Å². The summed E-state index contributed by atoms with van der Waals surface area (Å²) in [5.74, 6) is 0.0741. The van der Waals surface area contributed by atoms with Crippen molar-refractivity contribution in [2.75, 3.05) is 0 Å². The van der Waals surface area contributed by atoms with E-state index in [9.17, 15) is 0 Å². The molecule has 1 atom stereocenters. The summed E-state index contributed by atoms with van der Waals surface area (Å²) >= 11 is 0. The molecule has 2 heteroatoms. The second kappa shape index (κ2) is 2.01. The number of aliphatic hydroxyl groups is 1. The van der Waals surface area contributed by atoms with Gasteiger partial charge in [-0.1, -0.05) is 0 Å². The number of hydrogen-bond donors (Lipinski definition) is 1. The molecule has 1 N–H and O–H groups in total. The minimum absolute atomic E-state index is 0.0741. The molecule has 0 aromatic carbocycles. The highest BCUT2D eigenvalue weighted by molar-refractivity contribution is 4.99. The molecule has 44 valence electrons. The lowest BCUT2D eigenvalue weighted by Crippen LogP contribution is -1.84. The largest absolute Gasteiger partial charge is 0.467 e. The average molecular weight is 115 g/mol. The van der Waals surface area contributed by atoms with Crippen molar-refractivity contribution in [2.24, 2.45) is 0 Å². The average Bonchev–Trinajstić information content (AvgIpc) is 2.34. The van der Waals surface area contributed by atoms with Crippen LogP contribution < -0.4 is 0 Å². The van der Waals surface area contributed by atoms with Gasteiger partial charge in [0.05, 0.1) is 6.26 Å². The van der Waals surface area contributed by atoms with Gasteiger partial charge in [-0.05, 0) is 19.0 Å². The molecule has 8 heavy (non-hydrogen) atoms. The Bertz CT molecular complexity index is 214. The molecule has 1 heterocycles. The van der Waals surface area contributed by atoms with E-state index in [0.29, 0.717) is 0 Å². The molecule has 0 amide bonds. The smallest absolute Gasteiger partial charge is 0.131 e. The van der Waals surface area contributed by atoms with Gasteiger partial charge in [-0.3, -0.25) is 0 Å². The van der Waals surface area contributed by atoms with Crippen molar-refractivity contribution in [1.82, 2.24) is 0 Å². The molecule has 0 aliphatic heterocycles.